The number of piperazine rings is 1. The molecule has 1 N–H and O–H groups in total. The summed E-state index contributed by atoms with van der Waals surface area (Å²) in [5, 5.41) is 3.40. The highest BCUT2D eigenvalue weighted by Crippen LogP contribution is 2.28. The maximum absolute atomic E-state index is 12.5. The quantitative estimate of drug-likeness (QED) is 0.596. The summed E-state index contributed by atoms with van der Waals surface area (Å²) in [5.41, 5.74) is 0.151. The molecule has 0 bridgehead atoms. The van der Waals surface area contributed by atoms with Crippen LogP contribution < -0.4 is 5.32 Å². The largest absolute Gasteiger partial charge is 0.381 e. The molecule has 3 fully saturated rings. The second kappa shape index (κ2) is 8.36. The molecule has 1 amide bonds. The Labute approximate surface area is 150 Å². The van der Waals surface area contributed by atoms with Gasteiger partial charge >= 0.3 is 0 Å². The van der Waals surface area contributed by atoms with Crippen LogP contribution in [-0.2, 0) is 14.3 Å². The van der Waals surface area contributed by atoms with Gasteiger partial charge in [-0.2, -0.15) is 0 Å². The minimum absolute atomic E-state index is 0.151. The first-order valence-corrected chi connectivity index (χ1v) is 9.63. The molecule has 25 heavy (non-hydrogen) atoms. The van der Waals surface area contributed by atoms with Crippen molar-refractivity contribution < 1.29 is 14.3 Å². The minimum Gasteiger partial charge on any atom is -0.381 e. The van der Waals surface area contributed by atoms with Crippen molar-refractivity contribution in [3.8, 4) is 0 Å². The third-order valence-electron chi connectivity index (χ3n) is 5.34. The molecule has 3 rings (SSSR count). The molecule has 3 aliphatic heterocycles. The van der Waals surface area contributed by atoms with Crippen LogP contribution in [0, 0.1) is 5.41 Å². The zero-order valence-corrected chi connectivity index (χ0v) is 15.6. The van der Waals surface area contributed by atoms with E-state index in [9.17, 15) is 4.79 Å². The van der Waals surface area contributed by atoms with Crippen LogP contribution in [0.1, 0.15) is 33.1 Å². The molecule has 142 valence electrons. The van der Waals surface area contributed by atoms with Crippen LogP contribution in [0.25, 0.3) is 0 Å². The van der Waals surface area contributed by atoms with E-state index in [1.165, 1.54) is 0 Å². The summed E-state index contributed by atoms with van der Waals surface area (Å²) < 4.78 is 11.1. The summed E-state index contributed by atoms with van der Waals surface area (Å²) in [6.07, 6.45) is 2.72. The Morgan fingerprint density at radius 3 is 2.60 bits per heavy atom. The van der Waals surface area contributed by atoms with E-state index in [1.54, 1.807) is 0 Å². The Hall–Kier alpha value is -1.34. The van der Waals surface area contributed by atoms with Gasteiger partial charge in [-0.1, -0.05) is 6.92 Å². The van der Waals surface area contributed by atoms with E-state index in [2.05, 4.69) is 24.1 Å². The summed E-state index contributed by atoms with van der Waals surface area (Å²) in [6.45, 7) is 11.4. The SMILES string of the molecule is CCNC(=NCC1(C)CCOC1)N1CCN(C(=O)C2CCCO2)CC1. The van der Waals surface area contributed by atoms with Crippen LogP contribution in [0.5, 0.6) is 0 Å². The Kier molecular flexibility index (Phi) is 6.17. The van der Waals surface area contributed by atoms with Crippen LogP contribution >= 0.6 is 0 Å². The number of aliphatic imine (C=N–C) groups is 1. The molecule has 3 saturated heterocycles. The minimum atomic E-state index is -0.212. The predicted octanol–water partition coefficient (Wildman–Crippen LogP) is 0.702. The fourth-order valence-electron chi connectivity index (χ4n) is 3.64. The second-order valence-electron chi connectivity index (χ2n) is 7.60. The fourth-order valence-corrected chi connectivity index (χ4v) is 3.64. The summed E-state index contributed by atoms with van der Waals surface area (Å²) in [5.74, 6) is 1.12. The van der Waals surface area contributed by atoms with Crippen molar-refractivity contribution in [2.75, 3.05) is 59.1 Å². The van der Waals surface area contributed by atoms with Gasteiger partial charge in [0.1, 0.15) is 6.10 Å². The summed E-state index contributed by atoms with van der Waals surface area (Å²) in [7, 11) is 0. The maximum atomic E-state index is 12.5. The second-order valence-corrected chi connectivity index (χ2v) is 7.60. The zero-order chi connectivity index (χ0) is 17.7. The highest BCUT2D eigenvalue weighted by molar-refractivity contribution is 5.82. The Bertz CT molecular complexity index is 477. The third kappa shape index (κ3) is 4.64. The average Bonchev–Trinajstić information content (AvgIpc) is 3.30. The van der Waals surface area contributed by atoms with Gasteiger partial charge in [-0.3, -0.25) is 9.79 Å². The van der Waals surface area contributed by atoms with E-state index in [0.717, 1.165) is 84.3 Å². The number of rotatable bonds is 4. The van der Waals surface area contributed by atoms with Crippen molar-refractivity contribution >= 4 is 11.9 Å². The number of nitrogens with zero attached hydrogens (tertiary/aromatic N) is 3. The van der Waals surface area contributed by atoms with Crippen molar-refractivity contribution in [2.45, 2.75) is 39.2 Å². The molecule has 0 aliphatic carbocycles. The van der Waals surface area contributed by atoms with Gasteiger partial charge in [-0.15, -0.1) is 0 Å². The van der Waals surface area contributed by atoms with Crippen molar-refractivity contribution in [2.24, 2.45) is 10.4 Å². The molecule has 7 nitrogen and oxygen atoms in total. The molecule has 2 atom stereocenters. The van der Waals surface area contributed by atoms with Crippen LogP contribution in [0.3, 0.4) is 0 Å². The molecule has 0 spiro atoms. The summed E-state index contributed by atoms with van der Waals surface area (Å²) >= 11 is 0. The van der Waals surface area contributed by atoms with E-state index in [-0.39, 0.29) is 17.4 Å². The molecule has 0 aromatic rings. The zero-order valence-electron chi connectivity index (χ0n) is 15.6. The van der Waals surface area contributed by atoms with Crippen LogP contribution in [0.15, 0.2) is 4.99 Å². The van der Waals surface area contributed by atoms with Crippen LogP contribution in [-0.4, -0.2) is 86.9 Å². The van der Waals surface area contributed by atoms with E-state index in [1.807, 2.05) is 4.90 Å². The highest BCUT2D eigenvalue weighted by atomic mass is 16.5. The Balaban J connectivity index is 1.53. The number of nitrogens with one attached hydrogen (secondary N) is 1. The molecule has 0 saturated carbocycles. The fraction of sp³-hybridized carbons (Fsp3) is 0.889. The standard InChI is InChI=1S/C18H32N4O3/c1-3-19-17(20-13-18(2)6-12-24-14-18)22-9-7-21(8-10-22)16(23)15-5-4-11-25-15/h15H,3-14H2,1-2H3,(H,19,20). The molecule has 2 unspecified atom stereocenters. The van der Waals surface area contributed by atoms with E-state index in [4.69, 9.17) is 14.5 Å². The third-order valence-corrected chi connectivity index (χ3v) is 5.34. The van der Waals surface area contributed by atoms with Crippen molar-refractivity contribution in [1.82, 2.24) is 15.1 Å². The van der Waals surface area contributed by atoms with E-state index < -0.39 is 0 Å². The molecule has 7 heteroatoms. The molecule has 0 radical (unpaired) electrons. The summed E-state index contributed by atoms with van der Waals surface area (Å²) in [4.78, 5) is 21.5. The van der Waals surface area contributed by atoms with Crippen molar-refractivity contribution in [1.29, 1.82) is 0 Å². The van der Waals surface area contributed by atoms with Crippen LogP contribution in [0.4, 0.5) is 0 Å². The Morgan fingerprint density at radius 2 is 2.00 bits per heavy atom. The topological polar surface area (TPSA) is 66.4 Å². The van der Waals surface area contributed by atoms with E-state index in [0.29, 0.717) is 0 Å². The number of carbonyl (C=O) groups is 1. The number of hydrogen-bond acceptors (Lipinski definition) is 4. The number of guanidine groups is 1. The molecular weight excluding hydrogens is 320 g/mol. The van der Waals surface area contributed by atoms with Gasteiger partial charge in [0.15, 0.2) is 5.96 Å². The first kappa shape index (κ1) is 18.5. The molecule has 3 heterocycles. The number of amides is 1. The first-order valence-electron chi connectivity index (χ1n) is 9.63. The molecule has 3 aliphatic rings. The first-order chi connectivity index (χ1) is 12.1. The monoisotopic (exact) mass is 352 g/mol. The molecule has 0 aromatic heterocycles. The number of ether oxygens (including phenoxy) is 2. The lowest BCUT2D eigenvalue weighted by molar-refractivity contribution is -0.142. The highest BCUT2D eigenvalue weighted by Gasteiger charge is 2.32. The lowest BCUT2D eigenvalue weighted by Crippen LogP contribution is -2.55. The van der Waals surface area contributed by atoms with Gasteiger partial charge in [0, 0.05) is 51.4 Å². The van der Waals surface area contributed by atoms with Crippen molar-refractivity contribution in [3.63, 3.8) is 0 Å². The number of carbonyl (C=O) groups excluding carboxylic acids is 1. The predicted molar refractivity (Wildman–Crippen MR) is 96.6 cm³/mol. The lowest BCUT2D eigenvalue weighted by Gasteiger charge is -2.37. The van der Waals surface area contributed by atoms with Crippen LogP contribution in [0.2, 0.25) is 0 Å². The van der Waals surface area contributed by atoms with Crippen molar-refractivity contribution in [3.05, 3.63) is 0 Å². The van der Waals surface area contributed by atoms with Gasteiger partial charge in [-0.25, -0.2) is 0 Å². The molecular formula is C18H32N4O3. The maximum Gasteiger partial charge on any atom is 0.251 e. The van der Waals surface area contributed by atoms with Gasteiger partial charge in [0.2, 0.25) is 0 Å². The average molecular weight is 352 g/mol. The van der Waals surface area contributed by atoms with E-state index >= 15 is 0 Å². The van der Waals surface area contributed by atoms with Gasteiger partial charge in [0.25, 0.3) is 5.91 Å². The smallest absolute Gasteiger partial charge is 0.251 e. The normalized spacial score (nSPS) is 30.8. The lowest BCUT2D eigenvalue weighted by atomic mass is 9.90. The van der Waals surface area contributed by atoms with Gasteiger partial charge in [0.05, 0.1) is 13.2 Å². The number of hydrogen-bond donors (Lipinski definition) is 1. The van der Waals surface area contributed by atoms with Gasteiger partial charge < -0.3 is 24.6 Å². The molecule has 0 aromatic carbocycles. The summed E-state index contributed by atoms with van der Waals surface area (Å²) in [6, 6.07) is 0. The van der Waals surface area contributed by atoms with Gasteiger partial charge in [-0.05, 0) is 26.2 Å². The Morgan fingerprint density at radius 1 is 1.24 bits per heavy atom.